The molecular formula is C97H119N12O21+. The zero-order chi connectivity index (χ0) is 90.3. The van der Waals surface area contributed by atoms with Gasteiger partial charge in [0, 0.05) is 196 Å². The monoisotopic (exact) mass is 1790 g/mol. The van der Waals surface area contributed by atoms with Crippen molar-refractivity contribution in [3.05, 3.63) is 226 Å². The van der Waals surface area contributed by atoms with Gasteiger partial charge in [-0.15, -0.1) is 0 Å². The van der Waals surface area contributed by atoms with Gasteiger partial charge in [0.05, 0.1) is 61.7 Å². The Hall–Kier alpha value is -14.6. The molecule has 13 N–H and O–H groups in total. The van der Waals surface area contributed by atoms with Crippen LogP contribution in [0.1, 0.15) is 116 Å². The molecule has 0 fully saturated rings. The zero-order valence-electron chi connectivity index (χ0n) is 74.6. The Morgan fingerprint density at radius 1 is 0.415 bits per heavy atom. The highest BCUT2D eigenvalue weighted by Gasteiger charge is 2.54. The van der Waals surface area contributed by atoms with Crippen LogP contribution in [-0.4, -0.2) is 216 Å². The van der Waals surface area contributed by atoms with Crippen molar-refractivity contribution in [1.82, 2.24) is 41.1 Å². The van der Waals surface area contributed by atoms with Gasteiger partial charge in [-0.05, 0) is 125 Å². The minimum Gasteiger partial charge on any atom is -0.545 e. The third kappa shape index (κ3) is 23.2. The molecule has 7 aromatic carbocycles. The molecule has 13 rings (SSSR count). The Balaban J connectivity index is 0.000000263. The molecule has 692 valence electrons. The summed E-state index contributed by atoms with van der Waals surface area (Å²) in [6.07, 6.45) is -0.392. The lowest BCUT2D eigenvalue weighted by atomic mass is 9.77. The molecule has 2 aliphatic carbocycles. The normalized spacial score (nSPS) is 12.7. The molecule has 4 aliphatic heterocycles. The summed E-state index contributed by atoms with van der Waals surface area (Å²) in [6.45, 7) is 19.9. The number of likely N-dealkylation sites (N-methyl/N-ethyl adjacent to an activating group) is 3. The average molecular weight is 1790 g/mol. The van der Waals surface area contributed by atoms with Crippen molar-refractivity contribution in [3.8, 4) is 56.4 Å². The Kier molecular flexibility index (Phi) is 37.7. The Morgan fingerprint density at radius 3 is 1.18 bits per heavy atom. The van der Waals surface area contributed by atoms with Gasteiger partial charge in [0.2, 0.25) is 28.4 Å². The molecule has 33 nitrogen and oxygen atoms in total. The van der Waals surface area contributed by atoms with Gasteiger partial charge in [0.15, 0.2) is 18.7 Å². The fraction of sp³-hybridized carbons (Fsp3) is 0.330. The van der Waals surface area contributed by atoms with Crippen LogP contribution in [0.5, 0.6) is 11.5 Å². The van der Waals surface area contributed by atoms with Crippen molar-refractivity contribution in [2.75, 3.05) is 160 Å². The predicted molar refractivity (Wildman–Crippen MR) is 500 cm³/mol. The Labute approximate surface area is 754 Å². The van der Waals surface area contributed by atoms with Gasteiger partial charge >= 0.3 is 30.2 Å². The summed E-state index contributed by atoms with van der Waals surface area (Å²) >= 11 is 0. The number of nitrogens with one attached hydrogen (secondary N) is 6. The van der Waals surface area contributed by atoms with Crippen molar-refractivity contribution in [2.45, 2.75) is 73.8 Å². The van der Waals surface area contributed by atoms with Crippen LogP contribution >= 0.6 is 0 Å². The number of hydrogen-bond donors (Lipinski definition) is 7. The smallest absolute Gasteiger partial charge is 0.406 e. The number of carboxylic acids is 2. The van der Waals surface area contributed by atoms with E-state index >= 15 is 0 Å². The molecule has 6 amide bonds. The van der Waals surface area contributed by atoms with Crippen molar-refractivity contribution in [2.24, 2.45) is 0 Å². The van der Waals surface area contributed by atoms with E-state index in [1.807, 2.05) is 181 Å². The first-order chi connectivity index (χ1) is 61.0. The zero-order valence-corrected chi connectivity index (χ0v) is 74.6. The molecule has 1 unspecified atom stereocenters. The lowest BCUT2D eigenvalue weighted by Crippen LogP contribution is -2.34. The SMILES string of the molecule is C.CCN(CCOC(=O)NC)c1ccc2c(-c3ccccc3C(=O)O)c3ccc(=[N+](CC)CCC(=O)NC)cc-3oc2c1.CCN(CCOC(=O)NC)c1ccc2c(-c3ccccc3C(=O)[O-])c3ccc(=[N+](CC)CCC(=O)NC)cc-3oc2c1.CCN(CCOC(=O)NC)c1ccc2c(c1)Oc1cc(N(CC)CCC(=O)NC)ccc1C21OC(=O)c2ccccc21.O.O.O. The van der Waals surface area contributed by atoms with E-state index < -0.39 is 35.8 Å². The van der Waals surface area contributed by atoms with Gasteiger partial charge in [0.25, 0.3) is 0 Å². The standard InChI is InChI=1S/3C32H36N4O6.CH4.3H2O/c1-5-35(16-15-29(37)33-3)21-11-13-25-27(19-21)41-28-20-22(36(6-2)17-18-40-31(39)34-4)12-14-26(28)32(25)24-10-8-7-9-23(24)30(38)42-32;2*1-5-35(16-15-29(37)33-3)21-11-13-25-27(19-21)42-28-20-22(36(6-2)17-18-41-32(40)34-4)12-14-26(28)30(25)23-9-7-8-10-24(23)31(38)39;;;;/h7-14,19-20H,5-6,15-18H2,1-4H3,(H,33,37)(H,34,39);2*7-14,19-20H,5-6,15-18H2,1-4H3,(H2-,33,34,37,38,39,40);1H4;3*1H2/p+1. The minimum absolute atomic E-state index is 0. The number of amides is 6. The van der Waals surface area contributed by atoms with Gasteiger partial charge in [-0.2, -0.15) is 0 Å². The number of carbonyl (C=O) groups is 9. The topological polar surface area (TPSA) is 455 Å². The van der Waals surface area contributed by atoms with E-state index in [2.05, 4.69) is 60.7 Å². The Morgan fingerprint density at radius 2 is 0.785 bits per heavy atom. The molecule has 4 heterocycles. The molecule has 0 saturated carbocycles. The number of esters is 1. The van der Waals surface area contributed by atoms with E-state index in [-0.39, 0.29) is 78.5 Å². The number of fused-ring (bicyclic) bond motifs is 10. The predicted octanol–water partition coefficient (Wildman–Crippen LogP) is 9.25. The van der Waals surface area contributed by atoms with Crippen molar-refractivity contribution in [1.29, 1.82) is 0 Å². The van der Waals surface area contributed by atoms with Gasteiger partial charge in [-0.3, -0.25) is 14.4 Å². The summed E-state index contributed by atoms with van der Waals surface area (Å²) in [5.41, 5.74) is 10.7. The highest BCUT2D eigenvalue weighted by molar-refractivity contribution is 6.09. The van der Waals surface area contributed by atoms with Crippen LogP contribution in [0.2, 0.25) is 0 Å². The number of aromatic carboxylic acids is 2. The van der Waals surface area contributed by atoms with Crippen LogP contribution in [0.3, 0.4) is 0 Å². The highest BCUT2D eigenvalue weighted by Crippen LogP contribution is 2.57. The van der Waals surface area contributed by atoms with E-state index in [1.54, 1.807) is 57.5 Å². The molecule has 0 saturated heterocycles. The van der Waals surface area contributed by atoms with Crippen molar-refractivity contribution in [3.63, 3.8) is 0 Å². The van der Waals surface area contributed by atoms with Gasteiger partial charge < -0.3 is 115 Å². The second-order valence-electron chi connectivity index (χ2n) is 29.3. The molecular weight excluding hydrogens is 1670 g/mol. The van der Waals surface area contributed by atoms with Crippen LogP contribution in [0, 0.1) is 0 Å². The third-order valence-corrected chi connectivity index (χ3v) is 22.4. The number of hydrogen-bond acceptors (Lipinski definition) is 21. The Bertz CT molecular complexity index is 5690. The fourth-order valence-corrected chi connectivity index (χ4v) is 15.8. The first-order valence-electron chi connectivity index (χ1n) is 42.2. The van der Waals surface area contributed by atoms with Gasteiger partial charge in [-0.1, -0.05) is 68.1 Å². The summed E-state index contributed by atoms with van der Waals surface area (Å²) in [7, 11) is 9.42. The van der Waals surface area contributed by atoms with Crippen LogP contribution in [-0.2, 0) is 38.9 Å². The summed E-state index contributed by atoms with van der Waals surface area (Å²) in [4.78, 5) is 116. The lowest BCUT2D eigenvalue weighted by molar-refractivity contribution is -0.255. The van der Waals surface area contributed by atoms with Crippen LogP contribution < -0.4 is 81.2 Å². The number of alkyl carbamates (subject to hydrolysis) is 3. The maximum Gasteiger partial charge on any atom is 0.406 e. The fourth-order valence-electron chi connectivity index (χ4n) is 15.8. The van der Waals surface area contributed by atoms with Gasteiger partial charge in [-0.25, -0.2) is 33.1 Å². The second-order valence-corrected chi connectivity index (χ2v) is 29.3. The lowest BCUT2D eigenvalue weighted by Gasteiger charge is -2.38. The molecule has 130 heavy (non-hydrogen) atoms. The third-order valence-electron chi connectivity index (χ3n) is 22.4. The maximum absolute atomic E-state index is 13.2. The molecule has 0 aromatic heterocycles. The number of nitrogens with zero attached hydrogens (tertiary/aromatic N) is 6. The molecule has 0 radical (unpaired) electrons. The van der Waals surface area contributed by atoms with Crippen LogP contribution in [0.4, 0.5) is 37.1 Å². The van der Waals surface area contributed by atoms with Gasteiger partial charge in [0.1, 0.15) is 67.1 Å². The number of ether oxygens (including phenoxy) is 5. The summed E-state index contributed by atoms with van der Waals surface area (Å²) < 4.78 is 45.6. The number of benzene rings is 9. The van der Waals surface area contributed by atoms with E-state index in [0.717, 1.165) is 83.2 Å². The molecule has 6 aliphatic rings. The first kappa shape index (κ1) is 103. The maximum atomic E-state index is 13.2. The number of anilines is 4. The summed E-state index contributed by atoms with van der Waals surface area (Å²) in [6, 6.07) is 56.2. The molecule has 1 atom stereocenters. The van der Waals surface area contributed by atoms with Crippen molar-refractivity contribution >= 4 is 98.6 Å². The molecule has 1 spiro atoms. The summed E-state index contributed by atoms with van der Waals surface area (Å²) in [5.74, 6) is -0.459. The molecule has 7 aromatic rings. The van der Waals surface area contributed by atoms with E-state index in [0.29, 0.717) is 149 Å². The van der Waals surface area contributed by atoms with E-state index in [1.165, 1.54) is 27.2 Å². The number of rotatable bonds is 32. The van der Waals surface area contributed by atoms with Crippen LogP contribution in [0.25, 0.3) is 66.8 Å². The number of carbonyl (C=O) groups excluding carboxylic acids is 8. The quantitative estimate of drug-likeness (QED) is 0.00893. The number of carboxylic acid groups (broad SMARTS) is 2. The largest absolute Gasteiger partial charge is 0.545 e. The van der Waals surface area contributed by atoms with Crippen molar-refractivity contribution < 1.29 is 102 Å². The molecule has 0 bridgehead atoms. The highest BCUT2D eigenvalue weighted by atomic mass is 16.6. The molecule has 33 heteroatoms. The second kappa shape index (κ2) is 47.8. The van der Waals surface area contributed by atoms with Crippen LogP contribution in [0.15, 0.2) is 191 Å². The summed E-state index contributed by atoms with van der Waals surface area (Å²) in [5, 5.41) is 40.8. The average Bonchev–Trinajstić information content (AvgIpc) is 1.52. The van der Waals surface area contributed by atoms with E-state index in [4.69, 9.17) is 32.5 Å². The first-order valence-corrected chi connectivity index (χ1v) is 42.2. The van der Waals surface area contributed by atoms with E-state index in [9.17, 15) is 53.4 Å². The minimum atomic E-state index is -1.26.